The predicted molar refractivity (Wildman–Crippen MR) is 86.4 cm³/mol. The number of hydrogen-bond acceptors (Lipinski definition) is 1. The highest BCUT2D eigenvalue weighted by molar-refractivity contribution is 14.1. The molecule has 2 aromatic rings. The van der Waals surface area contributed by atoms with Crippen molar-refractivity contribution >= 4 is 28.8 Å². The number of nitrogens with zero attached hydrogens (tertiary/aromatic N) is 1. The van der Waals surface area contributed by atoms with E-state index in [-0.39, 0.29) is 0 Å². The van der Waals surface area contributed by atoms with Gasteiger partial charge in [-0.1, -0.05) is 42.5 Å². The number of aliphatic imine (C=N–C) groups is 1. The molecule has 0 spiro atoms. The molecule has 0 unspecified atom stereocenters. The molecule has 2 aromatic carbocycles. The van der Waals surface area contributed by atoms with Gasteiger partial charge in [0.2, 0.25) is 0 Å². The average Bonchev–Trinajstić information content (AvgIpc) is 2.39. The van der Waals surface area contributed by atoms with E-state index in [1.807, 2.05) is 12.3 Å². The molecule has 0 fully saturated rings. The first-order valence-electron chi connectivity index (χ1n) is 6.07. The molecule has 92 valence electrons. The van der Waals surface area contributed by atoms with Gasteiger partial charge in [-0.15, -0.1) is 0 Å². The van der Waals surface area contributed by atoms with Crippen LogP contribution in [0.15, 0.2) is 59.6 Å². The van der Waals surface area contributed by atoms with Gasteiger partial charge in [-0.25, -0.2) is 0 Å². The molecule has 0 bridgehead atoms. The summed E-state index contributed by atoms with van der Waals surface area (Å²) in [5.41, 5.74) is 2.50. The zero-order chi connectivity index (χ0) is 12.8. The lowest BCUT2D eigenvalue weighted by Gasteiger charge is -2.05. The van der Waals surface area contributed by atoms with Gasteiger partial charge in [-0.05, 0) is 59.2 Å². The molecule has 0 aliphatic heterocycles. The van der Waals surface area contributed by atoms with E-state index in [2.05, 4.69) is 83.0 Å². The highest BCUT2D eigenvalue weighted by Crippen LogP contribution is 2.07. The van der Waals surface area contributed by atoms with Crippen molar-refractivity contribution in [2.24, 2.45) is 4.99 Å². The Bertz CT molecular complexity index is 502. The molecule has 0 amide bonds. The summed E-state index contributed by atoms with van der Waals surface area (Å²) in [6.07, 6.45) is 2.95. The second-order valence-electron chi connectivity index (χ2n) is 4.37. The highest BCUT2D eigenvalue weighted by Gasteiger charge is 1.99. The summed E-state index contributed by atoms with van der Waals surface area (Å²) < 4.78 is 1.25. The van der Waals surface area contributed by atoms with E-state index < -0.39 is 0 Å². The van der Waals surface area contributed by atoms with Crippen molar-refractivity contribution < 1.29 is 0 Å². The van der Waals surface area contributed by atoms with Crippen LogP contribution >= 0.6 is 22.6 Å². The minimum Gasteiger partial charge on any atom is -0.289 e. The van der Waals surface area contributed by atoms with Gasteiger partial charge in [0.05, 0.1) is 6.04 Å². The van der Waals surface area contributed by atoms with Crippen LogP contribution in [0.1, 0.15) is 18.1 Å². The number of hydrogen-bond donors (Lipinski definition) is 0. The van der Waals surface area contributed by atoms with Gasteiger partial charge in [0.25, 0.3) is 0 Å². The van der Waals surface area contributed by atoms with E-state index in [4.69, 9.17) is 0 Å². The normalized spacial score (nSPS) is 12.8. The quantitative estimate of drug-likeness (QED) is 0.575. The Kier molecular flexibility index (Phi) is 4.93. The maximum Gasteiger partial charge on any atom is 0.0511 e. The number of rotatable bonds is 4. The summed E-state index contributed by atoms with van der Waals surface area (Å²) in [5.74, 6) is 0. The van der Waals surface area contributed by atoms with Crippen LogP contribution in [0.4, 0.5) is 0 Å². The molecule has 0 heterocycles. The largest absolute Gasteiger partial charge is 0.289 e. The summed E-state index contributed by atoms with van der Waals surface area (Å²) >= 11 is 2.31. The molecule has 0 aliphatic carbocycles. The van der Waals surface area contributed by atoms with Crippen molar-refractivity contribution in [1.29, 1.82) is 0 Å². The number of benzene rings is 2. The molecule has 0 aliphatic rings. The van der Waals surface area contributed by atoms with E-state index >= 15 is 0 Å². The third-order valence-corrected chi connectivity index (χ3v) is 3.44. The summed E-state index contributed by atoms with van der Waals surface area (Å²) in [7, 11) is 0. The van der Waals surface area contributed by atoms with Crippen molar-refractivity contribution in [3.05, 3.63) is 69.3 Å². The third kappa shape index (κ3) is 4.26. The minimum atomic E-state index is 0.312. The van der Waals surface area contributed by atoms with Crippen LogP contribution in [-0.2, 0) is 6.42 Å². The van der Waals surface area contributed by atoms with Crippen LogP contribution in [-0.4, -0.2) is 12.3 Å². The van der Waals surface area contributed by atoms with Crippen molar-refractivity contribution in [3.63, 3.8) is 0 Å². The first-order valence-corrected chi connectivity index (χ1v) is 7.14. The number of halogens is 1. The maximum absolute atomic E-state index is 4.59. The van der Waals surface area contributed by atoms with Crippen molar-refractivity contribution in [3.8, 4) is 0 Å². The molecule has 0 saturated carbocycles. The van der Waals surface area contributed by atoms with Gasteiger partial charge in [0, 0.05) is 9.78 Å². The van der Waals surface area contributed by atoms with Crippen LogP contribution in [0.5, 0.6) is 0 Å². The SMILES string of the molecule is C[C@@H](Cc1ccccc1)N=Cc1ccc(I)cc1. The molecule has 1 atom stereocenters. The van der Waals surface area contributed by atoms with Gasteiger partial charge in [-0.3, -0.25) is 4.99 Å². The Morgan fingerprint density at radius 1 is 1.06 bits per heavy atom. The van der Waals surface area contributed by atoms with Gasteiger partial charge in [-0.2, -0.15) is 0 Å². The smallest absolute Gasteiger partial charge is 0.0511 e. The molecule has 1 nitrogen and oxygen atoms in total. The van der Waals surface area contributed by atoms with Crippen molar-refractivity contribution in [2.45, 2.75) is 19.4 Å². The van der Waals surface area contributed by atoms with Crippen LogP contribution in [0, 0.1) is 3.57 Å². The molecule has 0 aromatic heterocycles. The summed E-state index contributed by atoms with van der Waals surface area (Å²) in [6, 6.07) is 19.2. The Hall–Kier alpha value is -1.16. The second kappa shape index (κ2) is 6.69. The molecular formula is C16H16IN. The van der Waals surface area contributed by atoms with Crippen molar-refractivity contribution in [2.75, 3.05) is 0 Å². The first-order chi connectivity index (χ1) is 8.74. The molecule has 2 heteroatoms. The van der Waals surface area contributed by atoms with E-state index in [0.717, 1.165) is 12.0 Å². The molecule has 0 radical (unpaired) electrons. The fourth-order valence-corrected chi connectivity index (χ4v) is 2.13. The lowest BCUT2D eigenvalue weighted by atomic mass is 10.1. The molecule has 0 N–H and O–H groups in total. The molecular weight excluding hydrogens is 333 g/mol. The Labute approximate surface area is 122 Å². The predicted octanol–water partition coefficient (Wildman–Crippen LogP) is 4.34. The fourth-order valence-electron chi connectivity index (χ4n) is 1.77. The van der Waals surface area contributed by atoms with Crippen LogP contribution in [0.3, 0.4) is 0 Å². The summed E-state index contributed by atoms with van der Waals surface area (Å²) in [6.45, 7) is 2.15. The topological polar surface area (TPSA) is 12.4 Å². The van der Waals surface area contributed by atoms with Crippen LogP contribution < -0.4 is 0 Å². The maximum atomic E-state index is 4.59. The van der Waals surface area contributed by atoms with E-state index in [1.165, 1.54) is 9.13 Å². The summed E-state index contributed by atoms with van der Waals surface area (Å²) in [5, 5.41) is 0. The highest BCUT2D eigenvalue weighted by atomic mass is 127. The monoisotopic (exact) mass is 349 g/mol. The van der Waals surface area contributed by atoms with Crippen LogP contribution in [0.25, 0.3) is 0 Å². The third-order valence-electron chi connectivity index (χ3n) is 2.72. The second-order valence-corrected chi connectivity index (χ2v) is 5.61. The van der Waals surface area contributed by atoms with Gasteiger partial charge in [0.15, 0.2) is 0 Å². The Balaban J connectivity index is 1.95. The summed E-state index contributed by atoms with van der Waals surface area (Å²) in [4.78, 5) is 4.59. The van der Waals surface area contributed by atoms with E-state index in [1.54, 1.807) is 0 Å². The van der Waals surface area contributed by atoms with E-state index in [0.29, 0.717) is 6.04 Å². The lowest BCUT2D eigenvalue weighted by molar-refractivity contribution is 0.744. The molecule has 0 saturated heterocycles. The first kappa shape index (κ1) is 13.3. The van der Waals surface area contributed by atoms with Gasteiger partial charge < -0.3 is 0 Å². The minimum absolute atomic E-state index is 0.312. The van der Waals surface area contributed by atoms with Crippen LogP contribution in [0.2, 0.25) is 0 Å². The van der Waals surface area contributed by atoms with Gasteiger partial charge >= 0.3 is 0 Å². The lowest BCUT2D eigenvalue weighted by Crippen LogP contribution is -2.03. The van der Waals surface area contributed by atoms with E-state index in [9.17, 15) is 0 Å². The molecule has 2 rings (SSSR count). The van der Waals surface area contributed by atoms with Crippen molar-refractivity contribution in [1.82, 2.24) is 0 Å². The van der Waals surface area contributed by atoms with Gasteiger partial charge in [0.1, 0.15) is 0 Å². The Morgan fingerprint density at radius 2 is 1.72 bits per heavy atom. The zero-order valence-corrected chi connectivity index (χ0v) is 12.5. The standard InChI is InChI=1S/C16H16IN/c1-13(11-14-5-3-2-4-6-14)18-12-15-7-9-16(17)10-8-15/h2-10,12-13H,11H2,1H3/t13-/m0/s1. The average molecular weight is 349 g/mol. The molecule has 18 heavy (non-hydrogen) atoms. The fraction of sp³-hybridized carbons (Fsp3) is 0.188. The Morgan fingerprint density at radius 3 is 2.39 bits per heavy atom. The zero-order valence-electron chi connectivity index (χ0n) is 10.4.